The largest absolute Gasteiger partial charge is 0.491 e. The molecule has 1 heterocycles. The second kappa shape index (κ2) is 7.66. The van der Waals surface area contributed by atoms with Crippen LogP contribution in [0.5, 0.6) is 5.75 Å². The van der Waals surface area contributed by atoms with Gasteiger partial charge in [-0.15, -0.1) is 0 Å². The standard InChI is InChI=1S/C18H25FN2O2/c19-16-7-3-4-8-17(16)23-12-10-14-9-11-21(13-14)18(22)20-15-5-1-2-6-15/h3-4,7-8,14-15H,1-2,5-6,9-13H2,(H,20,22)/t14-/m1/s1. The molecule has 0 radical (unpaired) electrons. The molecule has 23 heavy (non-hydrogen) atoms. The summed E-state index contributed by atoms with van der Waals surface area (Å²) in [5.74, 6) is 0.425. The molecule has 1 aromatic rings. The summed E-state index contributed by atoms with van der Waals surface area (Å²) in [5, 5.41) is 3.14. The molecule has 0 unspecified atom stereocenters. The van der Waals surface area contributed by atoms with Crippen molar-refractivity contribution in [1.29, 1.82) is 0 Å². The van der Waals surface area contributed by atoms with Gasteiger partial charge in [-0.05, 0) is 43.7 Å². The van der Waals surface area contributed by atoms with E-state index >= 15 is 0 Å². The van der Waals surface area contributed by atoms with Crippen molar-refractivity contribution >= 4 is 6.03 Å². The highest BCUT2D eigenvalue weighted by Crippen LogP contribution is 2.23. The normalized spacial score (nSPS) is 21.6. The molecular formula is C18H25FN2O2. The van der Waals surface area contributed by atoms with Gasteiger partial charge in [0.15, 0.2) is 11.6 Å². The van der Waals surface area contributed by atoms with Crippen LogP contribution in [-0.4, -0.2) is 36.7 Å². The SMILES string of the molecule is O=C(NC1CCCC1)N1CC[C@H](CCOc2ccccc2F)C1. The number of hydrogen-bond acceptors (Lipinski definition) is 2. The van der Waals surface area contributed by atoms with Crippen LogP contribution in [-0.2, 0) is 0 Å². The summed E-state index contributed by atoms with van der Waals surface area (Å²) in [6.07, 6.45) is 6.52. The van der Waals surface area contributed by atoms with Crippen LogP contribution >= 0.6 is 0 Å². The van der Waals surface area contributed by atoms with Crippen molar-refractivity contribution in [3.8, 4) is 5.75 Å². The molecule has 4 nitrogen and oxygen atoms in total. The van der Waals surface area contributed by atoms with Crippen LogP contribution in [0.2, 0.25) is 0 Å². The molecule has 126 valence electrons. The maximum atomic E-state index is 13.5. The second-order valence-electron chi connectivity index (χ2n) is 6.60. The van der Waals surface area contributed by atoms with E-state index in [4.69, 9.17) is 4.74 Å². The summed E-state index contributed by atoms with van der Waals surface area (Å²) in [6, 6.07) is 6.91. The van der Waals surface area contributed by atoms with Gasteiger partial charge in [-0.2, -0.15) is 0 Å². The predicted molar refractivity (Wildman–Crippen MR) is 87.0 cm³/mol. The van der Waals surface area contributed by atoms with Crippen molar-refractivity contribution in [2.24, 2.45) is 5.92 Å². The molecule has 1 aliphatic heterocycles. The molecule has 3 rings (SSSR count). The van der Waals surface area contributed by atoms with Crippen LogP contribution < -0.4 is 10.1 Å². The van der Waals surface area contributed by atoms with Gasteiger partial charge in [0, 0.05) is 19.1 Å². The van der Waals surface area contributed by atoms with Crippen LogP contribution in [0.1, 0.15) is 38.5 Å². The summed E-state index contributed by atoms with van der Waals surface area (Å²) in [6.45, 7) is 2.08. The topological polar surface area (TPSA) is 41.6 Å². The molecule has 5 heteroatoms. The van der Waals surface area contributed by atoms with E-state index in [1.54, 1.807) is 18.2 Å². The zero-order valence-corrected chi connectivity index (χ0v) is 13.5. The molecule has 2 fully saturated rings. The van der Waals surface area contributed by atoms with Gasteiger partial charge in [0.2, 0.25) is 0 Å². The molecule has 1 saturated carbocycles. The molecule has 2 aliphatic rings. The number of carbonyl (C=O) groups is 1. The van der Waals surface area contributed by atoms with Gasteiger partial charge in [-0.25, -0.2) is 9.18 Å². The number of para-hydroxylation sites is 1. The van der Waals surface area contributed by atoms with Gasteiger partial charge in [0.1, 0.15) is 0 Å². The van der Waals surface area contributed by atoms with Gasteiger partial charge in [0.05, 0.1) is 6.61 Å². The number of rotatable bonds is 5. The number of urea groups is 1. The number of likely N-dealkylation sites (tertiary alicyclic amines) is 1. The number of ether oxygens (including phenoxy) is 1. The van der Waals surface area contributed by atoms with Gasteiger partial charge >= 0.3 is 6.03 Å². The number of nitrogens with zero attached hydrogens (tertiary/aromatic N) is 1. The lowest BCUT2D eigenvalue weighted by atomic mass is 10.1. The van der Waals surface area contributed by atoms with Gasteiger partial charge in [-0.1, -0.05) is 25.0 Å². The van der Waals surface area contributed by atoms with Crippen LogP contribution in [0, 0.1) is 11.7 Å². The van der Waals surface area contributed by atoms with Crippen LogP contribution in [0.4, 0.5) is 9.18 Å². The Morgan fingerprint density at radius 1 is 1.26 bits per heavy atom. The molecule has 0 aromatic heterocycles. The minimum Gasteiger partial charge on any atom is -0.491 e. The quantitative estimate of drug-likeness (QED) is 0.901. The first-order chi connectivity index (χ1) is 11.2. The van der Waals surface area contributed by atoms with Crippen molar-refractivity contribution in [1.82, 2.24) is 10.2 Å². The van der Waals surface area contributed by atoms with Crippen LogP contribution in [0.3, 0.4) is 0 Å². The van der Waals surface area contributed by atoms with E-state index in [-0.39, 0.29) is 11.8 Å². The minimum atomic E-state index is -0.323. The number of nitrogens with one attached hydrogen (secondary N) is 1. The van der Waals surface area contributed by atoms with Crippen molar-refractivity contribution in [3.05, 3.63) is 30.1 Å². The van der Waals surface area contributed by atoms with Gasteiger partial charge < -0.3 is 15.0 Å². The molecule has 0 bridgehead atoms. The number of halogens is 1. The van der Waals surface area contributed by atoms with E-state index in [0.717, 1.165) is 38.8 Å². The number of amides is 2. The van der Waals surface area contributed by atoms with E-state index in [2.05, 4.69) is 5.32 Å². The Labute approximate surface area is 137 Å². The third-order valence-corrected chi connectivity index (χ3v) is 4.88. The maximum absolute atomic E-state index is 13.5. The molecule has 2 amide bonds. The zero-order valence-electron chi connectivity index (χ0n) is 13.5. The Kier molecular flexibility index (Phi) is 5.36. The maximum Gasteiger partial charge on any atom is 0.317 e. The Morgan fingerprint density at radius 3 is 2.83 bits per heavy atom. The van der Waals surface area contributed by atoms with Crippen LogP contribution in [0.25, 0.3) is 0 Å². The highest BCUT2D eigenvalue weighted by atomic mass is 19.1. The third-order valence-electron chi connectivity index (χ3n) is 4.88. The van der Waals surface area contributed by atoms with E-state index < -0.39 is 0 Å². The summed E-state index contributed by atoms with van der Waals surface area (Å²) >= 11 is 0. The molecule has 0 spiro atoms. The van der Waals surface area contributed by atoms with E-state index in [1.165, 1.54) is 18.9 Å². The van der Waals surface area contributed by atoms with Gasteiger partial charge in [-0.3, -0.25) is 0 Å². The highest BCUT2D eigenvalue weighted by Gasteiger charge is 2.28. The monoisotopic (exact) mass is 320 g/mol. The van der Waals surface area contributed by atoms with Crippen molar-refractivity contribution in [2.75, 3.05) is 19.7 Å². The highest BCUT2D eigenvalue weighted by molar-refractivity contribution is 5.74. The van der Waals surface area contributed by atoms with E-state index in [1.807, 2.05) is 4.90 Å². The summed E-state index contributed by atoms with van der Waals surface area (Å²) in [7, 11) is 0. The lowest BCUT2D eigenvalue weighted by molar-refractivity contribution is 0.201. The Bertz CT molecular complexity index is 532. The Balaban J connectivity index is 1.38. The first kappa shape index (κ1) is 16.1. The van der Waals surface area contributed by atoms with Crippen LogP contribution in [0.15, 0.2) is 24.3 Å². The van der Waals surface area contributed by atoms with E-state index in [9.17, 15) is 9.18 Å². The molecule has 1 aromatic carbocycles. The molecule has 1 N–H and O–H groups in total. The predicted octanol–water partition coefficient (Wildman–Crippen LogP) is 3.57. The number of carbonyl (C=O) groups excluding carboxylic acids is 1. The second-order valence-corrected chi connectivity index (χ2v) is 6.60. The summed E-state index contributed by atoms with van der Waals surface area (Å²) in [5.41, 5.74) is 0. The molecule has 1 aliphatic carbocycles. The van der Waals surface area contributed by atoms with Crippen molar-refractivity contribution in [2.45, 2.75) is 44.6 Å². The van der Waals surface area contributed by atoms with Crippen molar-refractivity contribution < 1.29 is 13.9 Å². The Hall–Kier alpha value is -1.78. The van der Waals surface area contributed by atoms with Crippen molar-refractivity contribution in [3.63, 3.8) is 0 Å². The molecule has 1 atom stereocenters. The fourth-order valence-corrected chi connectivity index (χ4v) is 3.49. The minimum absolute atomic E-state index is 0.0782. The fraction of sp³-hybridized carbons (Fsp3) is 0.611. The third kappa shape index (κ3) is 4.36. The van der Waals surface area contributed by atoms with Gasteiger partial charge in [0.25, 0.3) is 0 Å². The first-order valence-corrected chi connectivity index (χ1v) is 8.65. The summed E-state index contributed by atoms with van der Waals surface area (Å²) < 4.78 is 19.0. The average Bonchev–Trinajstić information content (AvgIpc) is 3.21. The lowest BCUT2D eigenvalue weighted by Gasteiger charge is -2.20. The number of benzene rings is 1. The molecule has 1 saturated heterocycles. The number of hydrogen-bond donors (Lipinski definition) is 1. The average molecular weight is 320 g/mol. The zero-order chi connectivity index (χ0) is 16.1. The Morgan fingerprint density at radius 2 is 2.04 bits per heavy atom. The fourth-order valence-electron chi connectivity index (χ4n) is 3.49. The summed E-state index contributed by atoms with van der Waals surface area (Å²) in [4.78, 5) is 14.1. The first-order valence-electron chi connectivity index (χ1n) is 8.65. The molecular weight excluding hydrogens is 295 g/mol. The lowest BCUT2D eigenvalue weighted by Crippen LogP contribution is -2.42. The van der Waals surface area contributed by atoms with E-state index in [0.29, 0.717) is 24.3 Å². The smallest absolute Gasteiger partial charge is 0.317 e.